The van der Waals surface area contributed by atoms with Crippen molar-refractivity contribution in [1.82, 2.24) is 0 Å². The van der Waals surface area contributed by atoms with Gasteiger partial charge < -0.3 is 10.1 Å². The molecule has 106 valence electrons. The Kier molecular flexibility index (Phi) is 4.77. The standard InChI is InChI=1S/C14H13BrFNO2S/c1-8(13-5-9(15)7-20-13)17-10-3-4-12(16)11(6-10)14(18)19-2/h3-8,17H,1-2H3. The molecule has 0 radical (unpaired) electrons. The number of ether oxygens (including phenoxy) is 1. The molecule has 0 aliphatic rings. The maximum absolute atomic E-state index is 13.5. The van der Waals surface area contributed by atoms with Crippen molar-refractivity contribution >= 4 is 38.9 Å². The molecular weight excluding hydrogens is 345 g/mol. The molecule has 2 aromatic rings. The minimum atomic E-state index is -0.683. The molecule has 1 aromatic carbocycles. The summed E-state index contributed by atoms with van der Waals surface area (Å²) < 4.78 is 19.1. The van der Waals surface area contributed by atoms with Crippen LogP contribution in [0.15, 0.2) is 34.1 Å². The monoisotopic (exact) mass is 357 g/mol. The fourth-order valence-electron chi connectivity index (χ4n) is 1.76. The van der Waals surface area contributed by atoms with Crippen LogP contribution in [0.4, 0.5) is 10.1 Å². The molecule has 0 spiro atoms. The van der Waals surface area contributed by atoms with Crippen LogP contribution < -0.4 is 5.32 Å². The minimum Gasteiger partial charge on any atom is -0.465 e. The average Bonchev–Trinajstić information content (AvgIpc) is 2.87. The Morgan fingerprint density at radius 2 is 2.20 bits per heavy atom. The normalized spacial score (nSPS) is 12.0. The van der Waals surface area contributed by atoms with Crippen molar-refractivity contribution in [2.75, 3.05) is 12.4 Å². The Balaban J connectivity index is 2.19. The number of hydrogen-bond acceptors (Lipinski definition) is 4. The van der Waals surface area contributed by atoms with Crippen LogP contribution in [0.3, 0.4) is 0 Å². The van der Waals surface area contributed by atoms with Gasteiger partial charge in [0.2, 0.25) is 0 Å². The van der Waals surface area contributed by atoms with Crippen LogP contribution in [0.5, 0.6) is 0 Å². The predicted molar refractivity (Wildman–Crippen MR) is 81.8 cm³/mol. The second-order valence-corrected chi connectivity index (χ2v) is 6.08. The number of anilines is 1. The fourth-order valence-corrected chi connectivity index (χ4v) is 3.21. The summed E-state index contributed by atoms with van der Waals surface area (Å²) in [6.45, 7) is 2.00. The van der Waals surface area contributed by atoms with E-state index in [9.17, 15) is 9.18 Å². The number of carbonyl (C=O) groups excluding carboxylic acids is 1. The van der Waals surface area contributed by atoms with Crippen LogP contribution in [0.25, 0.3) is 0 Å². The largest absolute Gasteiger partial charge is 0.465 e. The van der Waals surface area contributed by atoms with E-state index in [-0.39, 0.29) is 11.6 Å². The lowest BCUT2D eigenvalue weighted by molar-refractivity contribution is 0.0595. The zero-order valence-corrected chi connectivity index (χ0v) is 13.3. The highest BCUT2D eigenvalue weighted by Gasteiger charge is 2.14. The first-order valence-corrected chi connectivity index (χ1v) is 7.57. The number of rotatable bonds is 4. The fraction of sp³-hybridized carbons (Fsp3) is 0.214. The quantitative estimate of drug-likeness (QED) is 0.812. The maximum atomic E-state index is 13.5. The Morgan fingerprint density at radius 3 is 2.80 bits per heavy atom. The molecule has 0 aliphatic carbocycles. The van der Waals surface area contributed by atoms with Crippen molar-refractivity contribution in [3.05, 3.63) is 50.4 Å². The molecular formula is C14H13BrFNO2S. The van der Waals surface area contributed by atoms with Crippen LogP contribution in [-0.4, -0.2) is 13.1 Å². The van der Waals surface area contributed by atoms with E-state index in [0.717, 1.165) is 9.35 Å². The number of benzene rings is 1. The minimum absolute atomic E-state index is 0.0576. The molecule has 0 aliphatic heterocycles. The molecule has 3 nitrogen and oxygen atoms in total. The Hall–Kier alpha value is -1.40. The molecule has 20 heavy (non-hydrogen) atoms. The van der Waals surface area contributed by atoms with Gasteiger partial charge in [-0.3, -0.25) is 0 Å². The summed E-state index contributed by atoms with van der Waals surface area (Å²) in [7, 11) is 1.23. The molecule has 1 aromatic heterocycles. The van der Waals surface area contributed by atoms with Crippen molar-refractivity contribution in [2.45, 2.75) is 13.0 Å². The Labute approximate surface area is 128 Å². The van der Waals surface area contributed by atoms with Gasteiger partial charge in [0.1, 0.15) is 5.82 Å². The topological polar surface area (TPSA) is 38.3 Å². The number of carbonyl (C=O) groups is 1. The number of halogens is 2. The summed E-state index contributed by atoms with van der Waals surface area (Å²) in [6.07, 6.45) is 0. The summed E-state index contributed by atoms with van der Waals surface area (Å²) in [6, 6.07) is 6.39. The van der Waals surface area contributed by atoms with E-state index in [0.29, 0.717) is 5.69 Å². The Bertz CT molecular complexity index is 629. The van der Waals surface area contributed by atoms with Gasteiger partial charge in [-0.15, -0.1) is 11.3 Å². The van der Waals surface area contributed by atoms with Crippen molar-refractivity contribution < 1.29 is 13.9 Å². The highest BCUT2D eigenvalue weighted by Crippen LogP contribution is 2.28. The van der Waals surface area contributed by atoms with Crippen LogP contribution in [0, 0.1) is 5.82 Å². The van der Waals surface area contributed by atoms with Crippen molar-refractivity contribution in [3.63, 3.8) is 0 Å². The molecule has 2 rings (SSSR count). The molecule has 0 saturated heterocycles. The van der Waals surface area contributed by atoms with E-state index in [4.69, 9.17) is 0 Å². The van der Waals surface area contributed by atoms with E-state index >= 15 is 0 Å². The molecule has 0 amide bonds. The second-order valence-electron chi connectivity index (χ2n) is 4.22. The van der Waals surface area contributed by atoms with E-state index in [1.165, 1.54) is 19.2 Å². The smallest absolute Gasteiger partial charge is 0.340 e. The van der Waals surface area contributed by atoms with Crippen LogP contribution in [0.1, 0.15) is 28.2 Å². The lowest BCUT2D eigenvalue weighted by Crippen LogP contribution is -2.08. The van der Waals surface area contributed by atoms with Gasteiger partial charge in [0.25, 0.3) is 0 Å². The second kappa shape index (κ2) is 6.37. The highest BCUT2D eigenvalue weighted by molar-refractivity contribution is 9.10. The Morgan fingerprint density at radius 1 is 1.45 bits per heavy atom. The lowest BCUT2D eigenvalue weighted by Gasteiger charge is -2.14. The maximum Gasteiger partial charge on any atom is 0.340 e. The zero-order valence-electron chi connectivity index (χ0n) is 10.9. The van der Waals surface area contributed by atoms with Gasteiger partial charge in [-0.25, -0.2) is 9.18 Å². The first-order valence-electron chi connectivity index (χ1n) is 5.89. The van der Waals surface area contributed by atoms with Crippen LogP contribution in [0.2, 0.25) is 0 Å². The van der Waals surface area contributed by atoms with Gasteiger partial charge in [0, 0.05) is 20.4 Å². The first-order chi connectivity index (χ1) is 9.51. The predicted octanol–water partition coefficient (Wildman–Crippen LogP) is 4.61. The van der Waals surface area contributed by atoms with Crippen molar-refractivity contribution in [2.24, 2.45) is 0 Å². The molecule has 6 heteroatoms. The van der Waals surface area contributed by atoms with Gasteiger partial charge in [0.15, 0.2) is 0 Å². The van der Waals surface area contributed by atoms with Crippen molar-refractivity contribution in [1.29, 1.82) is 0 Å². The third kappa shape index (κ3) is 3.37. The third-order valence-corrected chi connectivity index (χ3v) is 4.65. The van der Waals surface area contributed by atoms with Gasteiger partial charge in [0.05, 0.1) is 18.7 Å². The van der Waals surface area contributed by atoms with Crippen LogP contribution in [-0.2, 0) is 4.74 Å². The van der Waals surface area contributed by atoms with Gasteiger partial charge >= 0.3 is 5.97 Å². The summed E-state index contributed by atoms with van der Waals surface area (Å²) in [5.74, 6) is -1.27. The van der Waals surface area contributed by atoms with E-state index in [1.54, 1.807) is 17.4 Å². The number of esters is 1. The molecule has 1 heterocycles. The zero-order chi connectivity index (χ0) is 14.7. The summed E-state index contributed by atoms with van der Waals surface area (Å²) in [5.41, 5.74) is 0.598. The summed E-state index contributed by atoms with van der Waals surface area (Å²) in [5, 5.41) is 5.23. The molecule has 1 N–H and O–H groups in total. The molecule has 0 bridgehead atoms. The van der Waals surface area contributed by atoms with E-state index in [1.807, 2.05) is 18.4 Å². The highest BCUT2D eigenvalue weighted by atomic mass is 79.9. The molecule has 1 atom stereocenters. The first kappa shape index (κ1) is 15.0. The molecule has 0 saturated carbocycles. The molecule has 1 unspecified atom stereocenters. The SMILES string of the molecule is COC(=O)c1cc(NC(C)c2cc(Br)cs2)ccc1F. The van der Waals surface area contributed by atoms with Gasteiger partial charge in [-0.1, -0.05) is 0 Å². The van der Waals surface area contributed by atoms with Gasteiger partial charge in [-0.05, 0) is 47.1 Å². The third-order valence-electron chi connectivity index (χ3n) is 2.77. The number of nitrogens with one attached hydrogen (secondary N) is 1. The van der Waals surface area contributed by atoms with Crippen LogP contribution >= 0.6 is 27.3 Å². The summed E-state index contributed by atoms with van der Waals surface area (Å²) >= 11 is 5.03. The lowest BCUT2D eigenvalue weighted by atomic mass is 10.1. The van der Waals surface area contributed by atoms with Gasteiger partial charge in [-0.2, -0.15) is 0 Å². The van der Waals surface area contributed by atoms with E-state index < -0.39 is 11.8 Å². The summed E-state index contributed by atoms with van der Waals surface area (Å²) in [4.78, 5) is 12.6. The average molecular weight is 358 g/mol. The van der Waals surface area contributed by atoms with Crippen molar-refractivity contribution in [3.8, 4) is 0 Å². The number of methoxy groups -OCH3 is 1. The number of hydrogen-bond donors (Lipinski definition) is 1. The number of thiophene rings is 1. The molecule has 0 fully saturated rings. The van der Waals surface area contributed by atoms with E-state index in [2.05, 4.69) is 26.0 Å².